The molecule has 0 radical (unpaired) electrons. The number of rotatable bonds is 6. The molecule has 4 heteroatoms. The first kappa shape index (κ1) is 10.2. The molecule has 0 aromatic carbocycles. The molecule has 0 bridgehead atoms. The van der Waals surface area contributed by atoms with Crippen LogP contribution in [0.25, 0.3) is 0 Å². The van der Waals surface area contributed by atoms with Gasteiger partial charge in [-0.15, -0.1) is 23.2 Å². The average molecular weight is 185 g/mol. The molecular weight excluding hydrogens is 175 g/mol. The molecule has 0 aromatic rings. The quantitative estimate of drug-likeness (QED) is 0.358. The summed E-state index contributed by atoms with van der Waals surface area (Å²) in [6.07, 6.45) is 2.14. The van der Waals surface area contributed by atoms with Crippen molar-refractivity contribution >= 4 is 29.5 Å². The number of carbonyl (C=O) groups is 1. The Balaban J connectivity index is 2.83. The van der Waals surface area contributed by atoms with Gasteiger partial charge in [-0.1, -0.05) is 0 Å². The predicted molar refractivity (Wildman–Crippen MR) is 41.6 cm³/mol. The lowest BCUT2D eigenvalue weighted by Crippen LogP contribution is -2.03. The van der Waals surface area contributed by atoms with E-state index in [-0.39, 0.29) is 0 Å². The molecule has 0 atom stereocenters. The number of alkyl halides is 2. The molecule has 0 rings (SSSR count). The number of hydrogen-bond donors (Lipinski definition) is 0. The number of halogens is 2. The number of unbranched alkanes of at least 4 members (excludes halogenated alkanes) is 1. The van der Waals surface area contributed by atoms with E-state index < -0.39 is 4.84 Å². The maximum Gasteiger partial charge on any atom is 0.131 e. The van der Waals surface area contributed by atoms with Crippen molar-refractivity contribution in [1.82, 2.24) is 0 Å². The molecule has 0 aromatic heterocycles. The monoisotopic (exact) mass is 184 g/mol. The van der Waals surface area contributed by atoms with Crippen LogP contribution in [0.3, 0.4) is 0 Å². The molecule has 60 valence electrons. The summed E-state index contributed by atoms with van der Waals surface area (Å²) in [5, 5.41) is 0. The molecule has 0 unspecified atom stereocenters. The van der Waals surface area contributed by atoms with Crippen LogP contribution in [0, 0.1) is 0 Å². The Kier molecular flexibility index (Phi) is 7.47. The van der Waals surface area contributed by atoms with Crippen molar-refractivity contribution in [3.8, 4) is 0 Å². The van der Waals surface area contributed by atoms with Crippen LogP contribution in [0.5, 0.6) is 0 Å². The Labute approximate surface area is 70.4 Å². The number of hydrogen-bond acceptors (Lipinski definition) is 2. The van der Waals surface area contributed by atoms with Gasteiger partial charge < -0.3 is 9.53 Å². The fourth-order valence-electron chi connectivity index (χ4n) is 0.441. The molecule has 0 N–H and O–H groups in total. The first-order chi connectivity index (χ1) is 4.77. The van der Waals surface area contributed by atoms with Crippen molar-refractivity contribution in [2.75, 3.05) is 13.2 Å². The van der Waals surface area contributed by atoms with Crippen molar-refractivity contribution in [2.24, 2.45) is 0 Å². The SMILES string of the molecule is O=CCCCOCC(Cl)Cl. The van der Waals surface area contributed by atoms with Crippen LogP contribution in [-0.4, -0.2) is 24.3 Å². The van der Waals surface area contributed by atoms with E-state index in [1.807, 2.05) is 0 Å². The van der Waals surface area contributed by atoms with Crippen LogP contribution >= 0.6 is 23.2 Å². The third kappa shape index (κ3) is 8.21. The van der Waals surface area contributed by atoms with Crippen LogP contribution in [0.2, 0.25) is 0 Å². The molecule has 0 aliphatic heterocycles. The minimum atomic E-state index is -0.462. The van der Waals surface area contributed by atoms with Gasteiger partial charge in [-0.25, -0.2) is 0 Å². The molecule has 0 saturated carbocycles. The van der Waals surface area contributed by atoms with E-state index in [0.29, 0.717) is 19.6 Å². The van der Waals surface area contributed by atoms with E-state index in [2.05, 4.69) is 0 Å². The maximum absolute atomic E-state index is 9.79. The number of carbonyl (C=O) groups excluding carboxylic acids is 1. The highest BCUT2D eigenvalue weighted by Crippen LogP contribution is 2.01. The minimum absolute atomic E-state index is 0.335. The van der Waals surface area contributed by atoms with Gasteiger partial charge in [0, 0.05) is 13.0 Å². The summed E-state index contributed by atoms with van der Waals surface area (Å²) in [7, 11) is 0. The first-order valence-corrected chi connectivity index (χ1v) is 3.94. The van der Waals surface area contributed by atoms with Gasteiger partial charge in [0.05, 0.1) is 6.61 Å². The van der Waals surface area contributed by atoms with Crippen LogP contribution in [0.4, 0.5) is 0 Å². The van der Waals surface area contributed by atoms with Crippen LogP contribution < -0.4 is 0 Å². The molecular formula is C6H10Cl2O2. The van der Waals surface area contributed by atoms with Gasteiger partial charge in [0.15, 0.2) is 0 Å². The van der Waals surface area contributed by atoms with E-state index in [1.54, 1.807) is 0 Å². The van der Waals surface area contributed by atoms with E-state index in [9.17, 15) is 4.79 Å². The number of aldehydes is 1. The fraction of sp³-hybridized carbons (Fsp3) is 0.833. The summed E-state index contributed by atoms with van der Waals surface area (Å²) >= 11 is 10.7. The molecule has 2 nitrogen and oxygen atoms in total. The smallest absolute Gasteiger partial charge is 0.131 e. The third-order valence-electron chi connectivity index (χ3n) is 0.854. The Morgan fingerprint density at radius 2 is 2.20 bits per heavy atom. The van der Waals surface area contributed by atoms with Crippen molar-refractivity contribution in [1.29, 1.82) is 0 Å². The van der Waals surface area contributed by atoms with Crippen LogP contribution in [0.1, 0.15) is 12.8 Å². The Morgan fingerprint density at radius 3 is 2.70 bits per heavy atom. The number of ether oxygens (including phenoxy) is 1. The highest BCUT2D eigenvalue weighted by molar-refractivity contribution is 6.44. The second kappa shape index (κ2) is 7.32. The van der Waals surface area contributed by atoms with Gasteiger partial charge in [-0.05, 0) is 6.42 Å². The normalized spacial score (nSPS) is 10.3. The minimum Gasteiger partial charge on any atom is -0.379 e. The van der Waals surface area contributed by atoms with E-state index in [4.69, 9.17) is 27.9 Å². The first-order valence-electron chi connectivity index (χ1n) is 3.07. The van der Waals surface area contributed by atoms with Crippen molar-refractivity contribution in [3.05, 3.63) is 0 Å². The maximum atomic E-state index is 9.79. The zero-order chi connectivity index (χ0) is 7.82. The summed E-state index contributed by atoms with van der Waals surface area (Å²) in [5.74, 6) is 0. The van der Waals surface area contributed by atoms with Gasteiger partial charge in [0.25, 0.3) is 0 Å². The second-order valence-corrected chi connectivity index (χ2v) is 3.05. The van der Waals surface area contributed by atoms with Crippen molar-refractivity contribution in [3.63, 3.8) is 0 Å². The van der Waals surface area contributed by atoms with Crippen molar-refractivity contribution in [2.45, 2.75) is 17.7 Å². The molecule has 10 heavy (non-hydrogen) atoms. The van der Waals surface area contributed by atoms with Gasteiger partial charge in [0.1, 0.15) is 11.1 Å². The standard InChI is InChI=1S/C6H10Cl2O2/c7-6(8)5-10-4-2-1-3-9/h3,6H,1-2,4-5H2. The Hall–Kier alpha value is 0.210. The molecule has 0 amide bonds. The summed E-state index contributed by atoms with van der Waals surface area (Å²) in [6.45, 7) is 0.886. The van der Waals surface area contributed by atoms with E-state index in [1.165, 1.54) is 0 Å². The van der Waals surface area contributed by atoms with Crippen LogP contribution in [0.15, 0.2) is 0 Å². The summed E-state index contributed by atoms with van der Waals surface area (Å²) in [6, 6.07) is 0. The van der Waals surface area contributed by atoms with Gasteiger partial charge in [-0.2, -0.15) is 0 Å². The molecule has 0 heterocycles. The van der Waals surface area contributed by atoms with Crippen molar-refractivity contribution < 1.29 is 9.53 Å². The Morgan fingerprint density at radius 1 is 1.50 bits per heavy atom. The van der Waals surface area contributed by atoms with E-state index >= 15 is 0 Å². The van der Waals surface area contributed by atoms with Gasteiger partial charge in [0.2, 0.25) is 0 Å². The highest BCUT2D eigenvalue weighted by Gasteiger charge is 1.96. The Bertz CT molecular complexity index is 85.8. The molecule has 0 saturated heterocycles. The average Bonchev–Trinajstić information content (AvgIpc) is 1.87. The van der Waals surface area contributed by atoms with Crippen LogP contribution in [-0.2, 0) is 9.53 Å². The largest absolute Gasteiger partial charge is 0.379 e. The molecule has 0 aliphatic rings. The van der Waals surface area contributed by atoms with Gasteiger partial charge in [-0.3, -0.25) is 0 Å². The summed E-state index contributed by atoms with van der Waals surface area (Å²) < 4.78 is 4.97. The zero-order valence-electron chi connectivity index (χ0n) is 5.56. The second-order valence-electron chi connectivity index (χ2n) is 1.77. The lowest BCUT2D eigenvalue weighted by Gasteiger charge is -2.01. The predicted octanol–water partition coefficient (Wildman–Crippen LogP) is 1.79. The summed E-state index contributed by atoms with van der Waals surface area (Å²) in [5.41, 5.74) is 0. The lowest BCUT2D eigenvalue weighted by molar-refractivity contribution is -0.108. The highest BCUT2D eigenvalue weighted by atomic mass is 35.5. The summed E-state index contributed by atoms with van der Waals surface area (Å²) in [4.78, 5) is 9.33. The molecule has 0 fully saturated rings. The fourth-order valence-corrected chi connectivity index (χ4v) is 0.619. The molecule has 0 spiro atoms. The molecule has 0 aliphatic carbocycles. The zero-order valence-corrected chi connectivity index (χ0v) is 7.07. The van der Waals surface area contributed by atoms with E-state index in [0.717, 1.165) is 12.7 Å². The lowest BCUT2D eigenvalue weighted by atomic mass is 10.3. The topological polar surface area (TPSA) is 26.3 Å². The van der Waals surface area contributed by atoms with Gasteiger partial charge >= 0.3 is 0 Å². The third-order valence-corrected chi connectivity index (χ3v) is 1.11.